The third-order valence-corrected chi connectivity index (χ3v) is 18.7. The summed E-state index contributed by atoms with van der Waals surface area (Å²) in [5.41, 5.74) is 0. The summed E-state index contributed by atoms with van der Waals surface area (Å²) >= 11 is 0. The average Bonchev–Trinajstić information content (AvgIpc) is 3.11. The van der Waals surface area contributed by atoms with E-state index in [1.54, 1.807) is 0 Å². The molecule has 0 fully saturated rings. The van der Waals surface area contributed by atoms with E-state index in [2.05, 4.69) is 34.6 Å². The molecule has 17 nitrogen and oxygen atoms in total. The van der Waals surface area contributed by atoms with Gasteiger partial charge in [-0.05, 0) is 31.6 Å². The van der Waals surface area contributed by atoms with Crippen molar-refractivity contribution in [3.63, 3.8) is 0 Å². The fraction of sp³-hybridized carbons (Fsp3) is 0.944. The van der Waals surface area contributed by atoms with Gasteiger partial charge in [0.1, 0.15) is 19.3 Å². The number of rotatable bonds is 72. The van der Waals surface area contributed by atoms with Crippen molar-refractivity contribution >= 4 is 39.5 Å². The molecule has 0 rings (SSSR count). The van der Waals surface area contributed by atoms with Gasteiger partial charge in [-0.2, -0.15) is 0 Å². The smallest absolute Gasteiger partial charge is 0.462 e. The molecule has 5 atom stereocenters. The molecule has 0 saturated carbocycles. The Morgan fingerprint density at radius 2 is 0.505 bits per heavy atom. The lowest BCUT2D eigenvalue weighted by atomic mass is 10.0. The van der Waals surface area contributed by atoms with Gasteiger partial charge in [0, 0.05) is 25.7 Å². The zero-order valence-electron chi connectivity index (χ0n) is 59.0. The zero-order valence-corrected chi connectivity index (χ0v) is 60.8. The summed E-state index contributed by atoms with van der Waals surface area (Å²) < 4.78 is 68.1. The summed E-state index contributed by atoms with van der Waals surface area (Å²) in [7, 11) is -9.89. The summed E-state index contributed by atoms with van der Waals surface area (Å²) in [6.45, 7) is 7.21. The average molecular weight is 1340 g/mol. The minimum absolute atomic E-state index is 0.105. The molecule has 0 heterocycles. The van der Waals surface area contributed by atoms with Gasteiger partial charge in [-0.25, -0.2) is 9.13 Å². The van der Waals surface area contributed by atoms with Gasteiger partial charge >= 0.3 is 39.5 Å². The van der Waals surface area contributed by atoms with Crippen LogP contribution in [0.5, 0.6) is 0 Å². The zero-order chi connectivity index (χ0) is 67.0. The maximum atomic E-state index is 13.1. The monoisotopic (exact) mass is 1340 g/mol. The molecule has 0 aromatic rings. The number of carbonyl (C=O) groups excluding carboxylic acids is 4. The van der Waals surface area contributed by atoms with Gasteiger partial charge < -0.3 is 33.8 Å². The predicted molar refractivity (Wildman–Crippen MR) is 368 cm³/mol. The van der Waals surface area contributed by atoms with Crippen molar-refractivity contribution in [1.29, 1.82) is 0 Å². The molecule has 19 heteroatoms. The molecule has 0 aliphatic rings. The first-order chi connectivity index (χ1) is 44.0. The number of hydrogen-bond acceptors (Lipinski definition) is 15. The van der Waals surface area contributed by atoms with Crippen LogP contribution < -0.4 is 0 Å². The Hall–Kier alpha value is -1.94. The molecule has 0 spiro atoms. The number of ether oxygens (including phenoxy) is 4. The van der Waals surface area contributed by atoms with Crippen LogP contribution in [0.25, 0.3) is 0 Å². The molecule has 540 valence electrons. The summed E-state index contributed by atoms with van der Waals surface area (Å²) in [5.74, 6) is -1.34. The van der Waals surface area contributed by atoms with Crippen LogP contribution >= 0.6 is 15.6 Å². The van der Waals surface area contributed by atoms with E-state index in [4.69, 9.17) is 37.0 Å². The predicted octanol–water partition coefficient (Wildman–Crippen LogP) is 20.9. The summed E-state index contributed by atoms with van der Waals surface area (Å²) in [6.07, 6.45) is 53.1. The largest absolute Gasteiger partial charge is 0.472 e. The number of phosphoric acid groups is 2. The van der Waals surface area contributed by atoms with E-state index in [9.17, 15) is 43.2 Å². The van der Waals surface area contributed by atoms with Crippen molar-refractivity contribution in [3.05, 3.63) is 0 Å². The Morgan fingerprint density at radius 1 is 0.297 bits per heavy atom. The lowest BCUT2D eigenvalue weighted by Gasteiger charge is -2.21. The van der Waals surface area contributed by atoms with E-state index in [1.165, 1.54) is 180 Å². The first kappa shape index (κ1) is 89.1. The van der Waals surface area contributed by atoms with Crippen molar-refractivity contribution in [2.75, 3.05) is 39.6 Å². The molecule has 91 heavy (non-hydrogen) atoms. The molecule has 0 aliphatic heterocycles. The van der Waals surface area contributed by atoms with Crippen LogP contribution in [0.4, 0.5) is 0 Å². The topological polar surface area (TPSA) is 237 Å². The molecular formula is C72H140O17P2. The molecule has 0 aromatic heterocycles. The number of esters is 4. The van der Waals surface area contributed by atoms with E-state index in [1.807, 2.05) is 0 Å². The number of aliphatic hydroxyl groups is 1. The van der Waals surface area contributed by atoms with Crippen LogP contribution in [0.2, 0.25) is 0 Å². The highest BCUT2D eigenvalue weighted by atomic mass is 31.2. The quantitative estimate of drug-likeness (QED) is 0.0222. The Bertz CT molecular complexity index is 1750. The fourth-order valence-corrected chi connectivity index (χ4v) is 12.6. The summed E-state index contributed by atoms with van der Waals surface area (Å²) in [5, 5.41) is 10.6. The van der Waals surface area contributed by atoms with E-state index < -0.39 is 97.5 Å². The Labute approximate surface area is 556 Å². The van der Waals surface area contributed by atoms with Gasteiger partial charge in [0.25, 0.3) is 0 Å². The first-order valence-corrected chi connectivity index (χ1v) is 40.6. The van der Waals surface area contributed by atoms with Gasteiger partial charge in [0.05, 0.1) is 26.4 Å². The van der Waals surface area contributed by atoms with Gasteiger partial charge in [-0.15, -0.1) is 0 Å². The molecule has 3 N–H and O–H groups in total. The van der Waals surface area contributed by atoms with E-state index in [0.29, 0.717) is 25.7 Å². The highest BCUT2D eigenvalue weighted by molar-refractivity contribution is 7.47. The van der Waals surface area contributed by atoms with E-state index in [-0.39, 0.29) is 25.7 Å². The summed E-state index contributed by atoms with van der Waals surface area (Å²) in [6, 6.07) is 0. The summed E-state index contributed by atoms with van der Waals surface area (Å²) in [4.78, 5) is 72.4. The fourth-order valence-electron chi connectivity index (χ4n) is 11.0. The lowest BCUT2D eigenvalue weighted by molar-refractivity contribution is -0.161. The number of aliphatic hydroxyl groups excluding tert-OH is 1. The third-order valence-electron chi connectivity index (χ3n) is 16.8. The van der Waals surface area contributed by atoms with Crippen molar-refractivity contribution in [2.45, 2.75) is 393 Å². The third kappa shape index (κ3) is 66.5. The van der Waals surface area contributed by atoms with Crippen molar-refractivity contribution in [3.8, 4) is 0 Å². The van der Waals surface area contributed by atoms with Crippen LogP contribution in [-0.4, -0.2) is 96.7 Å². The van der Waals surface area contributed by atoms with Gasteiger partial charge in [-0.1, -0.05) is 324 Å². The van der Waals surface area contributed by atoms with Gasteiger partial charge in [0.2, 0.25) is 0 Å². The molecule has 2 unspecified atom stereocenters. The number of carbonyl (C=O) groups is 4. The second-order valence-corrected chi connectivity index (χ2v) is 29.4. The molecule has 0 aliphatic carbocycles. The van der Waals surface area contributed by atoms with E-state index >= 15 is 0 Å². The molecular weight excluding hydrogens is 1200 g/mol. The SMILES string of the molecule is CCCCCCCCCCCCCCCCCCCCCCC(=O)O[C@H](COC(=O)CCCCCCCCCCCCCCCC(C)C)COP(=O)(O)OC[C@@H](O)COP(=O)(O)OC[C@@H](COC(=O)CCCCCCCCC)OC(=O)CCCCCCCCCC. The van der Waals surface area contributed by atoms with Gasteiger partial charge in [-0.3, -0.25) is 37.3 Å². The minimum Gasteiger partial charge on any atom is -0.462 e. The van der Waals surface area contributed by atoms with Crippen LogP contribution in [0.3, 0.4) is 0 Å². The Balaban J connectivity index is 5.14. The first-order valence-electron chi connectivity index (χ1n) is 37.6. The standard InChI is InChI=1S/C72H140O17P2/c1-6-9-12-15-18-20-21-22-23-24-25-26-27-28-31-35-38-43-48-53-58-72(77)89-68(62-83-70(75)56-51-46-42-37-34-32-29-30-33-36-40-44-49-54-65(4)5)64-87-91(80,81)85-60-66(73)59-84-90(78,79)86-63-67(61-82-69(74)55-50-45-39-17-14-11-8-3)88-71(76)57-52-47-41-19-16-13-10-7-2/h65-68,73H,6-64H2,1-5H3,(H,78,79)(H,80,81)/t66-,67+,68+/m0/s1. The number of unbranched alkanes of at least 4 members (excludes halogenated alkanes) is 44. The van der Waals surface area contributed by atoms with Crippen molar-refractivity contribution in [2.24, 2.45) is 5.92 Å². The maximum absolute atomic E-state index is 13.1. The van der Waals surface area contributed by atoms with Crippen molar-refractivity contribution in [1.82, 2.24) is 0 Å². The van der Waals surface area contributed by atoms with E-state index in [0.717, 1.165) is 115 Å². The molecule has 0 saturated heterocycles. The number of phosphoric ester groups is 2. The van der Waals surface area contributed by atoms with Gasteiger partial charge in [0.15, 0.2) is 12.2 Å². The Morgan fingerprint density at radius 3 is 0.747 bits per heavy atom. The maximum Gasteiger partial charge on any atom is 0.472 e. The molecule has 0 aromatic carbocycles. The highest BCUT2D eigenvalue weighted by Gasteiger charge is 2.30. The Kier molecular flexibility index (Phi) is 64.0. The van der Waals surface area contributed by atoms with Crippen LogP contribution in [0, 0.1) is 5.92 Å². The number of hydrogen-bond donors (Lipinski definition) is 3. The molecule has 0 radical (unpaired) electrons. The lowest BCUT2D eigenvalue weighted by Crippen LogP contribution is -2.30. The van der Waals surface area contributed by atoms with Crippen LogP contribution in [0.15, 0.2) is 0 Å². The van der Waals surface area contributed by atoms with Crippen LogP contribution in [-0.2, 0) is 65.4 Å². The van der Waals surface area contributed by atoms with Crippen molar-refractivity contribution < 1.29 is 80.2 Å². The minimum atomic E-state index is -4.95. The second-order valence-electron chi connectivity index (χ2n) is 26.5. The highest BCUT2D eigenvalue weighted by Crippen LogP contribution is 2.45. The molecule has 0 amide bonds. The normalized spacial score (nSPS) is 14.0. The second kappa shape index (κ2) is 65.4. The molecule has 0 bridgehead atoms. The van der Waals surface area contributed by atoms with Crippen LogP contribution in [0.1, 0.15) is 375 Å².